The number of amides is 1. The van der Waals surface area contributed by atoms with Crippen molar-refractivity contribution in [2.75, 3.05) is 6.54 Å². The van der Waals surface area contributed by atoms with Gasteiger partial charge in [-0.3, -0.25) is 9.78 Å². The molecule has 6 nitrogen and oxygen atoms in total. The number of hydrogen-bond acceptors (Lipinski definition) is 7. The minimum atomic E-state index is -0.0848. The second-order valence-corrected chi connectivity index (χ2v) is 6.82. The van der Waals surface area contributed by atoms with Crippen molar-refractivity contribution in [3.05, 3.63) is 45.5 Å². The molecule has 0 aliphatic carbocycles. The summed E-state index contributed by atoms with van der Waals surface area (Å²) in [5.41, 5.74) is 2.81. The van der Waals surface area contributed by atoms with Gasteiger partial charge in [-0.25, -0.2) is 4.98 Å². The molecular weight excluding hydrogens is 342 g/mol. The van der Waals surface area contributed by atoms with Crippen LogP contribution in [0.4, 0.5) is 0 Å². The third-order valence-corrected chi connectivity index (χ3v) is 5.15. The Bertz CT molecular complexity index is 800. The third-order valence-electron chi connectivity index (χ3n) is 3.48. The Morgan fingerprint density at radius 2 is 2.12 bits per heavy atom. The van der Waals surface area contributed by atoms with E-state index in [1.165, 1.54) is 0 Å². The summed E-state index contributed by atoms with van der Waals surface area (Å²) in [5, 5.41) is 10.0. The van der Waals surface area contributed by atoms with Crippen molar-refractivity contribution in [3.63, 3.8) is 0 Å². The Hall–Kier alpha value is -2.19. The maximum Gasteiger partial charge on any atom is 0.264 e. The number of carbonyl (C=O) groups is 1. The largest absolute Gasteiger partial charge is 0.351 e. The zero-order chi connectivity index (χ0) is 16.8. The minimum Gasteiger partial charge on any atom is -0.351 e. The van der Waals surface area contributed by atoms with Gasteiger partial charge in [-0.15, -0.1) is 16.4 Å². The van der Waals surface area contributed by atoms with Crippen LogP contribution in [0, 0.1) is 0 Å². The molecule has 0 bridgehead atoms. The Balaban J connectivity index is 1.47. The van der Waals surface area contributed by atoms with Crippen LogP contribution < -0.4 is 5.32 Å². The van der Waals surface area contributed by atoms with Gasteiger partial charge < -0.3 is 5.32 Å². The van der Waals surface area contributed by atoms with Gasteiger partial charge in [-0.05, 0) is 36.5 Å². The van der Waals surface area contributed by atoms with Gasteiger partial charge in [0, 0.05) is 36.3 Å². The van der Waals surface area contributed by atoms with Crippen LogP contribution in [0.3, 0.4) is 0 Å². The monoisotopic (exact) mass is 359 g/mol. The zero-order valence-corrected chi connectivity index (χ0v) is 14.9. The quantitative estimate of drug-likeness (QED) is 0.656. The van der Waals surface area contributed by atoms with Crippen molar-refractivity contribution in [1.82, 2.24) is 24.9 Å². The van der Waals surface area contributed by atoms with E-state index in [0.717, 1.165) is 52.8 Å². The van der Waals surface area contributed by atoms with Crippen LogP contribution >= 0.6 is 22.9 Å². The van der Waals surface area contributed by atoms with E-state index < -0.39 is 0 Å². The Labute approximate surface area is 148 Å². The van der Waals surface area contributed by atoms with Crippen LogP contribution in [0.1, 0.15) is 33.7 Å². The number of carbonyl (C=O) groups excluding carboxylic acids is 1. The number of rotatable bonds is 7. The van der Waals surface area contributed by atoms with E-state index >= 15 is 0 Å². The SMILES string of the molecule is CCc1nnsc1C(=O)NCCCc1nc(-c2ccncc2)cs1. The fourth-order valence-corrected chi connectivity index (χ4v) is 3.73. The second kappa shape index (κ2) is 8.07. The lowest BCUT2D eigenvalue weighted by Gasteiger charge is -2.03. The molecule has 3 rings (SSSR count). The van der Waals surface area contributed by atoms with Gasteiger partial charge in [-0.2, -0.15) is 0 Å². The van der Waals surface area contributed by atoms with E-state index in [1.54, 1.807) is 23.7 Å². The van der Waals surface area contributed by atoms with Gasteiger partial charge in [0.2, 0.25) is 0 Å². The summed E-state index contributed by atoms with van der Waals surface area (Å²) < 4.78 is 3.84. The molecule has 0 aliphatic rings. The van der Waals surface area contributed by atoms with Crippen LogP contribution in [0.25, 0.3) is 11.3 Å². The standard InChI is InChI=1S/C16H17N5OS2/c1-2-12-15(24-21-20-12)16(22)18-7-3-4-14-19-13(10-23-14)11-5-8-17-9-6-11/h5-6,8-10H,2-4,7H2,1H3,(H,18,22). The van der Waals surface area contributed by atoms with E-state index in [9.17, 15) is 4.79 Å². The first-order chi connectivity index (χ1) is 11.8. The highest BCUT2D eigenvalue weighted by Crippen LogP contribution is 2.21. The number of nitrogens with one attached hydrogen (secondary N) is 1. The van der Waals surface area contributed by atoms with E-state index in [2.05, 4.69) is 30.3 Å². The molecule has 124 valence electrons. The predicted octanol–water partition coefficient (Wildman–Crippen LogP) is 2.98. The molecular formula is C16H17N5OS2. The molecule has 0 fully saturated rings. The van der Waals surface area contributed by atoms with Crippen molar-refractivity contribution in [3.8, 4) is 11.3 Å². The number of nitrogens with zero attached hydrogens (tertiary/aromatic N) is 4. The summed E-state index contributed by atoms with van der Waals surface area (Å²) in [7, 11) is 0. The maximum absolute atomic E-state index is 12.1. The first kappa shape index (κ1) is 16.7. The Morgan fingerprint density at radius 1 is 1.29 bits per heavy atom. The van der Waals surface area contributed by atoms with E-state index in [-0.39, 0.29) is 5.91 Å². The Morgan fingerprint density at radius 3 is 2.92 bits per heavy atom. The molecule has 0 saturated heterocycles. The van der Waals surface area contributed by atoms with Crippen molar-refractivity contribution in [2.45, 2.75) is 26.2 Å². The summed E-state index contributed by atoms with van der Waals surface area (Å²) in [5.74, 6) is -0.0848. The van der Waals surface area contributed by atoms with Crippen molar-refractivity contribution < 1.29 is 4.79 Å². The predicted molar refractivity (Wildman–Crippen MR) is 95.3 cm³/mol. The smallest absolute Gasteiger partial charge is 0.264 e. The number of pyridine rings is 1. The summed E-state index contributed by atoms with van der Waals surface area (Å²) in [6, 6.07) is 3.90. The Kier molecular flexibility index (Phi) is 5.60. The van der Waals surface area contributed by atoms with Crippen LogP contribution in [0.2, 0.25) is 0 Å². The zero-order valence-electron chi connectivity index (χ0n) is 13.2. The molecule has 0 saturated carbocycles. The first-order valence-electron chi connectivity index (χ1n) is 7.72. The van der Waals surface area contributed by atoms with Crippen molar-refractivity contribution >= 4 is 28.8 Å². The van der Waals surface area contributed by atoms with Gasteiger partial charge in [-0.1, -0.05) is 11.4 Å². The minimum absolute atomic E-state index is 0.0848. The van der Waals surface area contributed by atoms with Crippen LogP contribution in [-0.4, -0.2) is 32.0 Å². The number of aryl methyl sites for hydroxylation is 2. The van der Waals surface area contributed by atoms with E-state index in [0.29, 0.717) is 11.4 Å². The second-order valence-electron chi connectivity index (χ2n) is 5.12. The summed E-state index contributed by atoms with van der Waals surface area (Å²) >= 11 is 2.79. The molecule has 0 aliphatic heterocycles. The van der Waals surface area contributed by atoms with Gasteiger partial charge in [0.05, 0.1) is 16.4 Å². The number of thiazole rings is 1. The van der Waals surface area contributed by atoms with Crippen molar-refractivity contribution in [1.29, 1.82) is 0 Å². The van der Waals surface area contributed by atoms with Crippen LogP contribution in [0.5, 0.6) is 0 Å². The van der Waals surface area contributed by atoms with E-state index in [4.69, 9.17) is 0 Å². The third kappa shape index (κ3) is 4.01. The molecule has 0 unspecified atom stereocenters. The van der Waals surface area contributed by atoms with Crippen LogP contribution in [0.15, 0.2) is 29.9 Å². The highest BCUT2D eigenvalue weighted by Gasteiger charge is 2.14. The molecule has 3 heterocycles. The van der Waals surface area contributed by atoms with Crippen LogP contribution in [-0.2, 0) is 12.8 Å². The fourth-order valence-electron chi connectivity index (χ4n) is 2.22. The molecule has 8 heteroatoms. The van der Waals surface area contributed by atoms with Gasteiger partial charge in [0.1, 0.15) is 4.88 Å². The highest BCUT2D eigenvalue weighted by molar-refractivity contribution is 7.10. The average Bonchev–Trinajstić information content (AvgIpc) is 3.28. The fraction of sp³-hybridized carbons (Fsp3) is 0.312. The summed E-state index contributed by atoms with van der Waals surface area (Å²) in [4.78, 5) is 21.4. The molecule has 1 amide bonds. The molecule has 0 spiro atoms. The molecule has 24 heavy (non-hydrogen) atoms. The molecule has 0 radical (unpaired) electrons. The summed E-state index contributed by atoms with van der Waals surface area (Å²) in [6.45, 7) is 2.58. The van der Waals surface area contributed by atoms with Gasteiger partial charge >= 0.3 is 0 Å². The molecule has 3 aromatic rings. The summed E-state index contributed by atoms with van der Waals surface area (Å²) in [6.07, 6.45) is 5.95. The van der Waals surface area contributed by atoms with Crippen molar-refractivity contribution in [2.24, 2.45) is 0 Å². The first-order valence-corrected chi connectivity index (χ1v) is 9.37. The maximum atomic E-state index is 12.1. The topological polar surface area (TPSA) is 80.7 Å². The lowest BCUT2D eigenvalue weighted by Crippen LogP contribution is -2.24. The van der Waals surface area contributed by atoms with E-state index in [1.807, 2.05) is 19.1 Å². The lowest BCUT2D eigenvalue weighted by molar-refractivity contribution is 0.0956. The molecule has 3 aromatic heterocycles. The normalized spacial score (nSPS) is 10.7. The number of aromatic nitrogens is 4. The molecule has 1 N–H and O–H groups in total. The van der Waals surface area contributed by atoms with Gasteiger partial charge in [0.15, 0.2) is 0 Å². The number of hydrogen-bond donors (Lipinski definition) is 1. The molecule has 0 atom stereocenters. The highest BCUT2D eigenvalue weighted by atomic mass is 32.1. The lowest BCUT2D eigenvalue weighted by atomic mass is 10.2. The molecule has 0 aromatic carbocycles. The van der Waals surface area contributed by atoms with Gasteiger partial charge in [0.25, 0.3) is 5.91 Å². The average molecular weight is 359 g/mol.